The number of halogens is 2. The lowest BCUT2D eigenvalue weighted by Gasteiger charge is -2.25. The Morgan fingerprint density at radius 2 is 2.12 bits per heavy atom. The highest BCUT2D eigenvalue weighted by Crippen LogP contribution is 2.35. The Balaban J connectivity index is 1.97. The van der Waals surface area contributed by atoms with Crippen LogP contribution in [0, 0.1) is 5.82 Å². The Labute approximate surface area is 150 Å². The summed E-state index contributed by atoms with van der Waals surface area (Å²) in [5.74, 6) is 0.336. The van der Waals surface area contributed by atoms with Crippen molar-refractivity contribution in [1.29, 1.82) is 0 Å². The zero-order chi connectivity index (χ0) is 17.4. The van der Waals surface area contributed by atoms with Crippen LogP contribution in [0.5, 0.6) is 0 Å². The van der Waals surface area contributed by atoms with Crippen LogP contribution in [0.15, 0.2) is 36.4 Å². The van der Waals surface area contributed by atoms with Crippen LogP contribution in [0.3, 0.4) is 0 Å². The summed E-state index contributed by atoms with van der Waals surface area (Å²) in [6.07, 6.45) is 0.957. The van der Waals surface area contributed by atoms with E-state index in [0.717, 1.165) is 31.7 Å². The first-order valence-electron chi connectivity index (χ1n) is 8.39. The third-order valence-corrected chi connectivity index (χ3v) is 4.77. The normalized spacial score (nSPS) is 14.4. The summed E-state index contributed by atoms with van der Waals surface area (Å²) in [4.78, 5) is 10.8. The first-order valence-corrected chi connectivity index (χ1v) is 8.77. The minimum atomic E-state index is -0.310. The van der Waals surface area contributed by atoms with E-state index in [1.54, 1.807) is 6.07 Å². The standard InChI is InChI=1S/C19H18ClFN4/c1-2-12-4-3-5-17-15(12)11-22-8-9-25(17)18-14-10-13(21)6-7-16(14)23-19(20)24-18/h3-7,10,22H,2,8-9,11H2,1H3. The summed E-state index contributed by atoms with van der Waals surface area (Å²) in [5.41, 5.74) is 4.28. The molecule has 0 spiro atoms. The largest absolute Gasteiger partial charge is 0.324 e. The summed E-state index contributed by atoms with van der Waals surface area (Å²) >= 11 is 6.15. The van der Waals surface area contributed by atoms with Crippen LogP contribution in [0.1, 0.15) is 18.1 Å². The van der Waals surface area contributed by atoms with Gasteiger partial charge in [0.05, 0.1) is 5.52 Å². The highest BCUT2D eigenvalue weighted by molar-refractivity contribution is 6.28. The van der Waals surface area contributed by atoms with E-state index < -0.39 is 0 Å². The van der Waals surface area contributed by atoms with E-state index in [1.165, 1.54) is 23.3 Å². The number of anilines is 2. The maximum atomic E-state index is 13.9. The van der Waals surface area contributed by atoms with Crippen LogP contribution < -0.4 is 10.2 Å². The summed E-state index contributed by atoms with van der Waals surface area (Å²) in [6, 6.07) is 10.8. The first-order chi connectivity index (χ1) is 12.2. The molecule has 2 aromatic carbocycles. The molecule has 128 valence electrons. The molecule has 3 aromatic rings. The quantitative estimate of drug-likeness (QED) is 0.698. The Morgan fingerprint density at radius 3 is 2.96 bits per heavy atom. The van der Waals surface area contributed by atoms with Crippen LogP contribution in [-0.4, -0.2) is 23.1 Å². The monoisotopic (exact) mass is 356 g/mol. The van der Waals surface area contributed by atoms with Crippen LogP contribution in [0.2, 0.25) is 5.28 Å². The zero-order valence-corrected chi connectivity index (χ0v) is 14.6. The Kier molecular flexibility index (Phi) is 4.27. The van der Waals surface area contributed by atoms with Crippen molar-refractivity contribution in [2.75, 3.05) is 18.0 Å². The van der Waals surface area contributed by atoms with Gasteiger partial charge in [0.25, 0.3) is 0 Å². The molecule has 4 nitrogen and oxygen atoms in total. The summed E-state index contributed by atoms with van der Waals surface area (Å²) in [6.45, 7) is 4.48. The number of nitrogens with one attached hydrogen (secondary N) is 1. The minimum absolute atomic E-state index is 0.166. The fourth-order valence-electron chi connectivity index (χ4n) is 3.42. The minimum Gasteiger partial charge on any atom is -0.324 e. The third-order valence-electron chi connectivity index (χ3n) is 4.60. The van der Waals surface area contributed by atoms with Gasteiger partial charge in [0.2, 0.25) is 5.28 Å². The highest BCUT2D eigenvalue weighted by Gasteiger charge is 2.22. The molecule has 6 heteroatoms. The van der Waals surface area contributed by atoms with Crippen molar-refractivity contribution >= 4 is 34.0 Å². The molecule has 0 radical (unpaired) electrons. The van der Waals surface area contributed by atoms with Crippen molar-refractivity contribution in [2.45, 2.75) is 19.9 Å². The van der Waals surface area contributed by atoms with Crippen molar-refractivity contribution in [3.05, 3.63) is 58.6 Å². The van der Waals surface area contributed by atoms with Crippen LogP contribution in [0.25, 0.3) is 10.9 Å². The molecule has 0 amide bonds. The van der Waals surface area contributed by atoms with Crippen LogP contribution in [0.4, 0.5) is 15.9 Å². The van der Waals surface area contributed by atoms with Gasteiger partial charge in [-0.3, -0.25) is 0 Å². The zero-order valence-electron chi connectivity index (χ0n) is 13.9. The lowest BCUT2D eigenvalue weighted by Crippen LogP contribution is -2.25. The molecule has 0 unspecified atom stereocenters. The number of benzene rings is 2. The predicted octanol–water partition coefficient (Wildman–Crippen LogP) is 4.23. The SMILES string of the molecule is CCc1cccc2c1CNCCN2c1nc(Cl)nc2ccc(F)cc12. The van der Waals surface area contributed by atoms with Crippen LogP contribution in [-0.2, 0) is 13.0 Å². The number of aromatic nitrogens is 2. The molecular formula is C19H18ClFN4. The maximum absolute atomic E-state index is 13.9. The van der Waals surface area contributed by atoms with E-state index in [4.69, 9.17) is 11.6 Å². The molecule has 1 N–H and O–H groups in total. The van der Waals surface area contributed by atoms with Crippen molar-refractivity contribution in [1.82, 2.24) is 15.3 Å². The second-order valence-electron chi connectivity index (χ2n) is 6.07. The molecule has 2 heterocycles. The van der Waals surface area contributed by atoms with E-state index in [0.29, 0.717) is 16.7 Å². The van der Waals surface area contributed by atoms with Gasteiger partial charge in [-0.15, -0.1) is 0 Å². The molecule has 1 aliphatic rings. The van der Waals surface area contributed by atoms with Crippen molar-refractivity contribution in [3.8, 4) is 0 Å². The molecule has 0 atom stereocenters. The molecule has 0 saturated carbocycles. The van der Waals surface area contributed by atoms with Gasteiger partial charge in [-0.1, -0.05) is 19.1 Å². The van der Waals surface area contributed by atoms with Crippen molar-refractivity contribution in [2.24, 2.45) is 0 Å². The van der Waals surface area contributed by atoms with E-state index in [2.05, 4.69) is 45.3 Å². The number of aryl methyl sites for hydroxylation is 1. The average molecular weight is 357 g/mol. The molecular weight excluding hydrogens is 339 g/mol. The van der Waals surface area contributed by atoms with E-state index in [9.17, 15) is 4.39 Å². The van der Waals surface area contributed by atoms with Gasteiger partial charge < -0.3 is 10.2 Å². The van der Waals surface area contributed by atoms with Gasteiger partial charge in [-0.2, -0.15) is 4.98 Å². The topological polar surface area (TPSA) is 41.0 Å². The van der Waals surface area contributed by atoms with E-state index in [1.807, 2.05) is 0 Å². The summed E-state index contributed by atoms with van der Waals surface area (Å²) in [7, 11) is 0. The van der Waals surface area contributed by atoms with Gasteiger partial charge in [-0.05, 0) is 53.4 Å². The molecule has 0 bridgehead atoms. The molecule has 25 heavy (non-hydrogen) atoms. The predicted molar refractivity (Wildman–Crippen MR) is 99.0 cm³/mol. The molecule has 0 fully saturated rings. The van der Waals surface area contributed by atoms with Gasteiger partial charge in [-0.25, -0.2) is 9.37 Å². The summed E-state index contributed by atoms with van der Waals surface area (Å²) < 4.78 is 13.9. The van der Waals surface area contributed by atoms with Gasteiger partial charge >= 0.3 is 0 Å². The van der Waals surface area contributed by atoms with Gasteiger partial charge in [0.1, 0.15) is 11.6 Å². The van der Waals surface area contributed by atoms with Crippen molar-refractivity contribution < 1.29 is 4.39 Å². The number of rotatable bonds is 2. The molecule has 0 saturated heterocycles. The summed E-state index contributed by atoms with van der Waals surface area (Å²) in [5, 5.41) is 4.29. The molecule has 4 rings (SSSR count). The van der Waals surface area contributed by atoms with Crippen LogP contribution >= 0.6 is 11.6 Å². The van der Waals surface area contributed by atoms with Crippen molar-refractivity contribution in [3.63, 3.8) is 0 Å². The fourth-order valence-corrected chi connectivity index (χ4v) is 3.59. The smallest absolute Gasteiger partial charge is 0.224 e. The third kappa shape index (κ3) is 2.94. The van der Waals surface area contributed by atoms with E-state index >= 15 is 0 Å². The van der Waals surface area contributed by atoms with Gasteiger partial charge in [0, 0.05) is 30.7 Å². The van der Waals surface area contributed by atoms with E-state index in [-0.39, 0.29) is 11.1 Å². The lowest BCUT2D eigenvalue weighted by atomic mass is 10.0. The Bertz CT molecular complexity index is 944. The number of hydrogen-bond acceptors (Lipinski definition) is 4. The molecule has 1 aromatic heterocycles. The van der Waals surface area contributed by atoms with Gasteiger partial charge in [0.15, 0.2) is 0 Å². The average Bonchev–Trinajstić information content (AvgIpc) is 2.83. The Morgan fingerprint density at radius 1 is 1.24 bits per heavy atom. The second kappa shape index (κ2) is 6.58. The fraction of sp³-hybridized carbons (Fsp3) is 0.263. The Hall–Kier alpha value is -2.24. The molecule has 1 aliphatic heterocycles. The number of nitrogens with zero attached hydrogens (tertiary/aromatic N) is 3. The molecule has 0 aliphatic carbocycles. The highest BCUT2D eigenvalue weighted by atomic mass is 35.5. The maximum Gasteiger partial charge on any atom is 0.224 e. The second-order valence-corrected chi connectivity index (χ2v) is 6.41. The lowest BCUT2D eigenvalue weighted by molar-refractivity contribution is 0.629. The number of hydrogen-bond donors (Lipinski definition) is 1. The number of fused-ring (bicyclic) bond motifs is 2. The first kappa shape index (κ1) is 16.2.